The largest absolute Gasteiger partial charge is 0.305 e. The summed E-state index contributed by atoms with van der Waals surface area (Å²) in [5, 5.41) is 0. The summed E-state index contributed by atoms with van der Waals surface area (Å²) in [5.41, 5.74) is 3.27. The van der Waals surface area contributed by atoms with E-state index in [0.29, 0.717) is 18.4 Å². The number of rotatable bonds is 4. The van der Waals surface area contributed by atoms with E-state index < -0.39 is 0 Å². The minimum Gasteiger partial charge on any atom is -0.305 e. The number of hydrogen-bond donors (Lipinski definition) is 0. The lowest BCUT2D eigenvalue weighted by Crippen LogP contribution is -2.47. The van der Waals surface area contributed by atoms with Crippen LogP contribution in [0.4, 0.5) is 11.4 Å². The van der Waals surface area contributed by atoms with Crippen LogP contribution in [-0.2, 0) is 4.79 Å². The van der Waals surface area contributed by atoms with Crippen molar-refractivity contribution in [1.82, 2.24) is 4.98 Å². The van der Waals surface area contributed by atoms with Gasteiger partial charge >= 0.3 is 0 Å². The summed E-state index contributed by atoms with van der Waals surface area (Å²) in [6.07, 6.45) is 4.33. The Kier molecular flexibility index (Phi) is 5.61. The monoisotopic (exact) mass is 399 g/mol. The molecule has 152 valence electrons. The molecule has 1 aliphatic heterocycles. The Bertz CT molecular complexity index is 1040. The van der Waals surface area contributed by atoms with Gasteiger partial charge in [-0.3, -0.25) is 14.6 Å². The van der Waals surface area contributed by atoms with Crippen molar-refractivity contribution in [2.75, 3.05) is 9.80 Å². The van der Waals surface area contributed by atoms with Crippen molar-refractivity contribution >= 4 is 23.2 Å². The SMILES string of the molecule is CCC(=O)N(c1ccccc1)[C@@H]1C[C@H](C)N(C(=O)c2cccnc2)c2ccccc21. The number of benzene rings is 2. The zero-order chi connectivity index (χ0) is 21.1. The third-order valence-electron chi connectivity index (χ3n) is 5.60. The molecule has 5 nitrogen and oxygen atoms in total. The maximum absolute atomic E-state index is 13.3. The van der Waals surface area contributed by atoms with E-state index in [9.17, 15) is 9.59 Å². The lowest BCUT2D eigenvalue weighted by atomic mass is 9.89. The number of carbonyl (C=O) groups excluding carboxylic acids is 2. The molecular formula is C25H25N3O2. The van der Waals surface area contributed by atoms with Crippen LogP contribution < -0.4 is 9.80 Å². The van der Waals surface area contributed by atoms with E-state index in [0.717, 1.165) is 16.9 Å². The van der Waals surface area contributed by atoms with Crippen LogP contribution in [0.1, 0.15) is 48.7 Å². The van der Waals surface area contributed by atoms with E-state index >= 15 is 0 Å². The fourth-order valence-electron chi connectivity index (χ4n) is 4.22. The topological polar surface area (TPSA) is 53.5 Å². The van der Waals surface area contributed by atoms with Gasteiger partial charge in [-0.1, -0.05) is 43.3 Å². The van der Waals surface area contributed by atoms with Crippen LogP contribution in [0, 0.1) is 0 Å². The average molecular weight is 399 g/mol. The van der Waals surface area contributed by atoms with Crippen LogP contribution in [0.2, 0.25) is 0 Å². The Morgan fingerprint density at radius 3 is 2.47 bits per heavy atom. The number of aromatic nitrogens is 1. The van der Waals surface area contributed by atoms with E-state index in [4.69, 9.17) is 0 Å². The van der Waals surface area contributed by atoms with E-state index in [1.54, 1.807) is 24.5 Å². The van der Waals surface area contributed by atoms with E-state index in [-0.39, 0.29) is 23.9 Å². The molecular weight excluding hydrogens is 374 g/mol. The van der Waals surface area contributed by atoms with Crippen molar-refractivity contribution < 1.29 is 9.59 Å². The van der Waals surface area contributed by atoms with Crippen LogP contribution >= 0.6 is 0 Å². The van der Waals surface area contributed by atoms with Gasteiger partial charge in [0.2, 0.25) is 5.91 Å². The smallest absolute Gasteiger partial charge is 0.260 e. The molecule has 2 atom stereocenters. The number of nitrogens with zero attached hydrogens (tertiary/aromatic N) is 3. The highest BCUT2D eigenvalue weighted by Gasteiger charge is 2.38. The Morgan fingerprint density at radius 2 is 1.77 bits per heavy atom. The van der Waals surface area contributed by atoms with Gasteiger partial charge in [0.25, 0.3) is 5.91 Å². The number of pyridine rings is 1. The lowest BCUT2D eigenvalue weighted by Gasteiger charge is -2.43. The predicted molar refractivity (Wildman–Crippen MR) is 119 cm³/mol. The Balaban J connectivity index is 1.79. The molecule has 2 amide bonds. The molecule has 0 radical (unpaired) electrons. The summed E-state index contributed by atoms with van der Waals surface area (Å²) in [5.74, 6) is -0.00480. The van der Waals surface area contributed by atoms with Gasteiger partial charge in [0.15, 0.2) is 0 Å². The average Bonchev–Trinajstić information content (AvgIpc) is 2.80. The first-order valence-electron chi connectivity index (χ1n) is 10.3. The zero-order valence-electron chi connectivity index (χ0n) is 17.2. The molecule has 0 saturated heterocycles. The maximum Gasteiger partial charge on any atom is 0.260 e. The van der Waals surface area contributed by atoms with Gasteiger partial charge in [-0.15, -0.1) is 0 Å². The number of hydrogen-bond acceptors (Lipinski definition) is 3. The molecule has 2 heterocycles. The Hall–Kier alpha value is -3.47. The standard InChI is InChI=1S/C25H25N3O2/c1-3-24(29)28(20-11-5-4-6-12-20)23-16-18(2)27(22-14-8-7-13-21(22)23)25(30)19-10-9-15-26-17-19/h4-15,17-18,23H,3,16H2,1-2H3/t18-,23+/m0/s1. The molecule has 4 rings (SSSR count). The Labute approximate surface area is 177 Å². The second-order valence-corrected chi connectivity index (χ2v) is 7.53. The quantitative estimate of drug-likeness (QED) is 0.620. The molecule has 1 aliphatic rings. The van der Waals surface area contributed by atoms with Gasteiger partial charge in [0.1, 0.15) is 0 Å². The highest BCUT2D eigenvalue weighted by Crippen LogP contribution is 2.42. The first-order chi connectivity index (χ1) is 14.6. The molecule has 0 spiro atoms. The first-order valence-corrected chi connectivity index (χ1v) is 10.3. The van der Waals surface area contributed by atoms with Crippen LogP contribution in [0.15, 0.2) is 79.1 Å². The highest BCUT2D eigenvalue weighted by molar-refractivity contribution is 6.07. The molecule has 0 bridgehead atoms. The fraction of sp³-hybridized carbons (Fsp3) is 0.240. The van der Waals surface area contributed by atoms with Gasteiger partial charge in [0.05, 0.1) is 11.6 Å². The van der Waals surface area contributed by atoms with Crippen molar-refractivity contribution in [3.8, 4) is 0 Å². The molecule has 0 N–H and O–H groups in total. The second-order valence-electron chi connectivity index (χ2n) is 7.53. The summed E-state index contributed by atoms with van der Waals surface area (Å²) < 4.78 is 0. The van der Waals surface area contributed by atoms with Crippen molar-refractivity contribution in [2.24, 2.45) is 0 Å². The zero-order valence-corrected chi connectivity index (χ0v) is 17.2. The summed E-state index contributed by atoms with van der Waals surface area (Å²) in [6, 6.07) is 21.0. The molecule has 0 unspecified atom stereocenters. The second kappa shape index (κ2) is 8.49. The highest BCUT2D eigenvalue weighted by atomic mass is 16.2. The molecule has 0 saturated carbocycles. The predicted octanol–water partition coefficient (Wildman–Crippen LogP) is 5.00. The fourth-order valence-corrected chi connectivity index (χ4v) is 4.22. The number of amides is 2. The molecule has 1 aromatic heterocycles. The van der Waals surface area contributed by atoms with Crippen LogP contribution in [0.5, 0.6) is 0 Å². The van der Waals surface area contributed by atoms with E-state index in [1.807, 2.05) is 78.2 Å². The normalized spacial score (nSPS) is 17.9. The summed E-state index contributed by atoms with van der Waals surface area (Å²) >= 11 is 0. The van der Waals surface area contributed by atoms with Crippen molar-refractivity contribution in [3.05, 3.63) is 90.3 Å². The maximum atomic E-state index is 13.3. The van der Waals surface area contributed by atoms with Crippen LogP contribution in [0.25, 0.3) is 0 Å². The molecule has 3 aromatic rings. The van der Waals surface area contributed by atoms with Crippen molar-refractivity contribution in [2.45, 2.75) is 38.8 Å². The van der Waals surface area contributed by atoms with Gasteiger partial charge in [-0.05, 0) is 49.2 Å². The van der Waals surface area contributed by atoms with Crippen molar-refractivity contribution in [3.63, 3.8) is 0 Å². The summed E-state index contributed by atoms with van der Waals surface area (Å²) in [6.45, 7) is 3.92. The van der Waals surface area contributed by atoms with Crippen LogP contribution in [-0.4, -0.2) is 22.8 Å². The molecule has 2 aromatic carbocycles. The van der Waals surface area contributed by atoms with Gasteiger partial charge in [-0.25, -0.2) is 0 Å². The first kappa shape index (κ1) is 19.8. The number of para-hydroxylation sites is 2. The van der Waals surface area contributed by atoms with Crippen molar-refractivity contribution in [1.29, 1.82) is 0 Å². The van der Waals surface area contributed by atoms with Gasteiger partial charge < -0.3 is 9.80 Å². The summed E-state index contributed by atoms with van der Waals surface area (Å²) in [7, 11) is 0. The third-order valence-corrected chi connectivity index (χ3v) is 5.60. The number of anilines is 2. The lowest BCUT2D eigenvalue weighted by molar-refractivity contribution is -0.118. The Morgan fingerprint density at radius 1 is 1.03 bits per heavy atom. The molecule has 0 fully saturated rings. The summed E-state index contributed by atoms with van der Waals surface area (Å²) in [4.78, 5) is 34.1. The van der Waals surface area contributed by atoms with Gasteiger partial charge in [0, 0.05) is 36.2 Å². The van der Waals surface area contributed by atoms with E-state index in [2.05, 4.69) is 4.98 Å². The number of carbonyl (C=O) groups is 2. The minimum absolute atomic E-state index is 0.0697. The van der Waals surface area contributed by atoms with Gasteiger partial charge in [-0.2, -0.15) is 0 Å². The third kappa shape index (κ3) is 3.59. The molecule has 0 aliphatic carbocycles. The molecule has 30 heavy (non-hydrogen) atoms. The number of fused-ring (bicyclic) bond motifs is 1. The minimum atomic E-state index is -0.135. The van der Waals surface area contributed by atoms with E-state index in [1.165, 1.54) is 0 Å². The van der Waals surface area contributed by atoms with Crippen LogP contribution in [0.3, 0.4) is 0 Å². The molecule has 5 heteroatoms.